The van der Waals surface area contributed by atoms with E-state index in [1.807, 2.05) is 0 Å². The molecule has 2 nitrogen and oxygen atoms in total. The van der Waals surface area contributed by atoms with Gasteiger partial charge < -0.3 is 4.57 Å². The number of alkyl halides is 1. The second-order valence-electron chi connectivity index (χ2n) is 5.13. The zero-order valence-electron chi connectivity index (χ0n) is 11.8. The van der Waals surface area contributed by atoms with Gasteiger partial charge in [0, 0.05) is 12.1 Å². The average Bonchev–Trinajstić information content (AvgIpc) is 2.77. The molecule has 1 atom stereocenters. The topological polar surface area (TPSA) is 17.8 Å². The van der Waals surface area contributed by atoms with Gasteiger partial charge in [-0.15, -0.1) is 11.6 Å². The summed E-state index contributed by atoms with van der Waals surface area (Å²) in [5.41, 5.74) is 1.47. The summed E-state index contributed by atoms with van der Waals surface area (Å²) in [6.07, 6.45) is 4.62. The van der Waals surface area contributed by atoms with Crippen LogP contribution in [0.4, 0.5) is 4.39 Å². The molecule has 0 N–H and O–H groups in total. The van der Waals surface area contributed by atoms with Gasteiger partial charge in [-0.2, -0.15) is 0 Å². The van der Waals surface area contributed by atoms with Crippen LogP contribution in [-0.2, 0) is 5.88 Å². The predicted molar refractivity (Wildman–Crippen MR) is 83.1 cm³/mol. The van der Waals surface area contributed by atoms with Gasteiger partial charge in [-0.1, -0.05) is 37.8 Å². The number of hydrogen-bond acceptors (Lipinski definition) is 1. The molecule has 0 bridgehead atoms. The lowest BCUT2D eigenvalue weighted by Crippen LogP contribution is -2.08. The summed E-state index contributed by atoms with van der Waals surface area (Å²) in [5, 5.41) is 0.125. The lowest BCUT2D eigenvalue weighted by molar-refractivity contribution is 0.477. The molecule has 0 radical (unpaired) electrons. The number of hydrogen-bond donors (Lipinski definition) is 0. The van der Waals surface area contributed by atoms with Crippen LogP contribution in [0.5, 0.6) is 0 Å². The summed E-state index contributed by atoms with van der Waals surface area (Å²) < 4.78 is 15.6. The maximum Gasteiger partial charge on any atom is 0.144 e. The fourth-order valence-electron chi connectivity index (χ4n) is 2.55. The number of benzene rings is 1. The van der Waals surface area contributed by atoms with Crippen molar-refractivity contribution < 1.29 is 4.39 Å². The Morgan fingerprint density at radius 3 is 2.75 bits per heavy atom. The van der Waals surface area contributed by atoms with Crippen LogP contribution in [0.3, 0.4) is 0 Å². The highest BCUT2D eigenvalue weighted by molar-refractivity contribution is 6.31. The number of halogens is 3. The molecule has 0 aliphatic carbocycles. The fraction of sp³-hybridized carbons (Fsp3) is 0.533. The number of nitrogens with zero attached hydrogens (tertiary/aromatic N) is 2. The smallest absolute Gasteiger partial charge is 0.144 e. The molecule has 0 fully saturated rings. The predicted octanol–water partition coefficient (Wildman–Crippen LogP) is 5.71. The van der Waals surface area contributed by atoms with Gasteiger partial charge in [0.25, 0.3) is 0 Å². The third-order valence-electron chi connectivity index (χ3n) is 3.59. The molecule has 0 spiro atoms. The Labute approximate surface area is 128 Å². The molecule has 2 rings (SSSR count). The molecule has 2 aromatic rings. The van der Waals surface area contributed by atoms with Gasteiger partial charge in [0.2, 0.25) is 0 Å². The van der Waals surface area contributed by atoms with Crippen molar-refractivity contribution in [3.63, 3.8) is 0 Å². The first-order valence-corrected chi connectivity index (χ1v) is 7.91. The van der Waals surface area contributed by atoms with Gasteiger partial charge in [-0.25, -0.2) is 9.37 Å². The highest BCUT2D eigenvalue weighted by atomic mass is 35.5. The largest absolute Gasteiger partial charge is 0.324 e. The Balaban J connectivity index is 2.41. The van der Waals surface area contributed by atoms with Crippen molar-refractivity contribution in [2.24, 2.45) is 0 Å². The van der Waals surface area contributed by atoms with Crippen molar-refractivity contribution in [3.8, 4) is 0 Å². The Morgan fingerprint density at radius 1 is 1.35 bits per heavy atom. The van der Waals surface area contributed by atoms with Crippen LogP contribution in [0.1, 0.15) is 51.4 Å². The Bertz CT molecular complexity index is 595. The quantitative estimate of drug-likeness (QED) is 0.493. The summed E-state index contributed by atoms with van der Waals surface area (Å²) in [4.78, 5) is 4.41. The third kappa shape index (κ3) is 3.09. The van der Waals surface area contributed by atoms with Crippen LogP contribution in [0, 0.1) is 5.82 Å². The van der Waals surface area contributed by atoms with Gasteiger partial charge in [0.1, 0.15) is 11.6 Å². The van der Waals surface area contributed by atoms with Gasteiger partial charge in [0.05, 0.1) is 21.9 Å². The zero-order valence-corrected chi connectivity index (χ0v) is 13.3. The number of imidazole rings is 1. The molecule has 0 aliphatic rings. The molecule has 1 unspecified atom stereocenters. The van der Waals surface area contributed by atoms with Crippen molar-refractivity contribution in [1.82, 2.24) is 9.55 Å². The first-order chi connectivity index (χ1) is 9.58. The summed E-state index contributed by atoms with van der Waals surface area (Å²) in [5.74, 6) is 0.641. The van der Waals surface area contributed by atoms with E-state index in [0.29, 0.717) is 11.4 Å². The van der Waals surface area contributed by atoms with Crippen molar-refractivity contribution >= 4 is 34.2 Å². The lowest BCUT2D eigenvalue weighted by atomic mass is 10.1. The second-order valence-corrected chi connectivity index (χ2v) is 5.81. The third-order valence-corrected chi connectivity index (χ3v) is 4.12. The maximum absolute atomic E-state index is 13.5. The first-order valence-electron chi connectivity index (χ1n) is 7.00. The standard InChI is InChI=1S/C15H19Cl2FN2/c1-3-4-5-6-10(2)20-14-7-11(17)12(18)8-13(14)19-15(20)9-16/h7-8,10H,3-6,9H2,1-2H3. The van der Waals surface area contributed by atoms with E-state index in [9.17, 15) is 4.39 Å². The molecule has 0 amide bonds. The lowest BCUT2D eigenvalue weighted by Gasteiger charge is -2.17. The van der Waals surface area contributed by atoms with Crippen molar-refractivity contribution in [2.45, 2.75) is 51.5 Å². The van der Waals surface area contributed by atoms with E-state index in [-0.39, 0.29) is 11.1 Å². The minimum atomic E-state index is -0.441. The molecule has 0 saturated heterocycles. The fourth-order valence-corrected chi connectivity index (χ4v) is 2.89. The molecule has 5 heteroatoms. The van der Waals surface area contributed by atoms with Crippen LogP contribution in [0.25, 0.3) is 11.0 Å². The summed E-state index contributed by atoms with van der Waals surface area (Å²) in [6, 6.07) is 3.30. The molecule has 0 saturated carbocycles. The van der Waals surface area contributed by atoms with Gasteiger partial charge in [-0.3, -0.25) is 0 Å². The van der Waals surface area contributed by atoms with Crippen LogP contribution in [0.15, 0.2) is 12.1 Å². The highest BCUT2D eigenvalue weighted by Gasteiger charge is 2.17. The molecule has 1 heterocycles. The Morgan fingerprint density at radius 2 is 2.10 bits per heavy atom. The van der Waals surface area contributed by atoms with Crippen LogP contribution >= 0.6 is 23.2 Å². The molecular weight excluding hydrogens is 298 g/mol. The number of fused-ring (bicyclic) bond motifs is 1. The average molecular weight is 317 g/mol. The summed E-state index contributed by atoms with van der Waals surface area (Å²) >= 11 is 11.9. The van der Waals surface area contributed by atoms with Gasteiger partial charge in [-0.05, 0) is 19.4 Å². The molecule has 0 aliphatic heterocycles. The highest BCUT2D eigenvalue weighted by Crippen LogP contribution is 2.29. The van der Waals surface area contributed by atoms with E-state index in [2.05, 4.69) is 23.4 Å². The van der Waals surface area contributed by atoms with Crippen LogP contribution < -0.4 is 0 Å². The van der Waals surface area contributed by atoms with E-state index in [0.717, 1.165) is 24.2 Å². The van der Waals surface area contributed by atoms with E-state index in [1.54, 1.807) is 6.07 Å². The first kappa shape index (κ1) is 15.6. The van der Waals surface area contributed by atoms with Gasteiger partial charge >= 0.3 is 0 Å². The Hall–Kier alpha value is -0.800. The second kappa shape index (κ2) is 6.77. The molecule has 20 heavy (non-hydrogen) atoms. The normalized spacial score (nSPS) is 13.1. The van der Waals surface area contributed by atoms with Crippen molar-refractivity contribution in [1.29, 1.82) is 0 Å². The number of rotatable bonds is 6. The monoisotopic (exact) mass is 316 g/mol. The van der Waals surface area contributed by atoms with Crippen molar-refractivity contribution in [3.05, 3.63) is 28.8 Å². The van der Waals surface area contributed by atoms with Crippen molar-refractivity contribution in [2.75, 3.05) is 0 Å². The molecule has 1 aromatic heterocycles. The van der Waals surface area contributed by atoms with E-state index >= 15 is 0 Å². The maximum atomic E-state index is 13.5. The van der Waals surface area contributed by atoms with E-state index in [1.165, 1.54) is 18.9 Å². The van der Waals surface area contributed by atoms with Gasteiger partial charge in [0.15, 0.2) is 0 Å². The molecule has 110 valence electrons. The van der Waals surface area contributed by atoms with E-state index in [4.69, 9.17) is 23.2 Å². The van der Waals surface area contributed by atoms with E-state index < -0.39 is 5.82 Å². The van der Waals surface area contributed by atoms with Crippen LogP contribution in [-0.4, -0.2) is 9.55 Å². The van der Waals surface area contributed by atoms with Crippen LogP contribution in [0.2, 0.25) is 5.02 Å². The SMILES string of the molecule is CCCCCC(C)n1c(CCl)nc2cc(F)c(Cl)cc21. The number of aromatic nitrogens is 2. The molecule has 1 aromatic carbocycles. The minimum Gasteiger partial charge on any atom is -0.324 e. The Kier molecular flexibility index (Phi) is 5.28. The summed E-state index contributed by atoms with van der Waals surface area (Å²) in [6.45, 7) is 4.33. The summed E-state index contributed by atoms with van der Waals surface area (Å²) in [7, 11) is 0. The minimum absolute atomic E-state index is 0.125. The molecular formula is C15H19Cl2FN2. The zero-order chi connectivity index (χ0) is 14.7. The number of unbranched alkanes of at least 4 members (excludes halogenated alkanes) is 2.